The number of para-hydroxylation sites is 1. The summed E-state index contributed by atoms with van der Waals surface area (Å²) in [4.78, 5) is 36.2. The number of hydrogen-bond acceptors (Lipinski definition) is 4. The van der Waals surface area contributed by atoms with Crippen LogP contribution in [0.15, 0.2) is 28.1 Å². The minimum Gasteiger partial charge on any atom is -0.357 e. The van der Waals surface area contributed by atoms with Gasteiger partial charge in [0.05, 0.1) is 17.6 Å². The molecule has 1 aromatic carbocycles. The lowest BCUT2D eigenvalue weighted by Gasteiger charge is -2.27. The van der Waals surface area contributed by atoms with E-state index in [0.717, 1.165) is 27.5 Å². The van der Waals surface area contributed by atoms with Crippen LogP contribution in [0.2, 0.25) is 0 Å². The molecule has 3 amide bonds. The molecule has 3 aromatic rings. The van der Waals surface area contributed by atoms with Crippen LogP contribution in [0.5, 0.6) is 0 Å². The Hall–Kier alpha value is -2.39. The van der Waals surface area contributed by atoms with Crippen molar-refractivity contribution in [3.8, 4) is 0 Å². The van der Waals surface area contributed by atoms with Crippen LogP contribution in [0.1, 0.15) is 17.0 Å². The Morgan fingerprint density at radius 3 is 3.04 bits per heavy atom. The van der Waals surface area contributed by atoms with E-state index >= 15 is 0 Å². The molecular formula is C19H18BrN5O2S. The highest BCUT2D eigenvalue weighted by atomic mass is 79.9. The standard InChI is InChI=1S/C19H18BrN5O2S/c20-14-3-1-2-12-13-9-24(6-4-15(13)23-17(12)14)16(26)8-11-10-28-19(22-11)25-7-5-21-18(25)27/h1-3,10,23H,4-9H2,(H,21,27). The zero-order chi connectivity index (χ0) is 19.3. The van der Waals surface area contributed by atoms with E-state index in [-0.39, 0.29) is 18.4 Å². The fraction of sp³-hybridized carbons (Fsp3) is 0.316. The van der Waals surface area contributed by atoms with E-state index < -0.39 is 0 Å². The number of halogens is 1. The predicted octanol–water partition coefficient (Wildman–Crippen LogP) is 3.04. The molecule has 0 saturated carbocycles. The lowest BCUT2D eigenvalue weighted by molar-refractivity contribution is -0.131. The van der Waals surface area contributed by atoms with Gasteiger partial charge in [-0.25, -0.2) is 9.78 Å². The second kappa shape index (κ2) is 6.89. The topological polar surface area (TPSA) is 81.3 Å². The highest BCUT2D eigenvalue weighted by Gasteiger charge is 2.27. The van der Waals surface area contributed by atoms with Crippen LogP contribution in [-0.4, -0.2) is 46.4 Å². The predicted molar refractivity (Wildman–Crippen MR) is 112 cm³/mol. The number of H-pyrrole nitrogens is 1. The lowest BCUT2D eigenvalue weighted by Crippen LogP contribution is -2.36. The van der Waals surface area contributed by atoms with E-state index in [9.17, 15) is 9.59 Å². The minimum atomic E-state index is -0.124. The monoisotopic (exact) mass is 459 g/mol. The molecule has 0 atom stereocenters. The van der Waals surface area contributed by atoms with Crippen molar-refractivity contribution in [2.24, 2.45) is 0 Å². The molecule has 0 radical (unpaired) electrons. The van der Waals surface area contributed by atoms with Crippen molar-refractivity contribution in [1.29, 1.82) is 0 Å². The van der Waals surface area contributed by atoms with Gasteiger partial charge in [-0.05, 0) is 22.0 Å². The SMILES string of the molecule is O=C(Cc1csc(N2CCNC2=O)n1)N1CCc2[nH]c3c(Br)cccc3c2C1. The molecule has 0 bridgehead atoms. The molecule has 2 aliphatic rings. The number of rotatable bonds is 3. The van der Waals surface area contributed by atoms with Crippen molar-refractivity contribution < 1.29 is 9.59 Å². The van der Waals surface area contributed by atoms with E-state index in [1.54, 1.807) is 4.90 Å². The van der Waals surface area contributed by atoms with Crippen LogP contribution < -0.4 is 10.2 Å². The van der Waals surface area contributed by atoms with Crippen molar-refractivity contribution in [2.75, 3.05) is 24.5 Å². The molecule has 0 spiro atoms. The maximum Gasteiger partial charge on any atom is 0.323 e. The number of fused-ring (bicyclic) bond motifs is 3. The number of benzene rings is 1. The summed E-state index contributed by atoms with van der Waals surface area (Å²) in [7, 11) is 0. The van der Waals surface area contributed by atoms with E-state index in [1.165, 1.54) is 22.6 Å². The molecule has 0 aliphatic carbocycles. The first-order valence-electron chi connectivity index (χ1n) is 9.15. The Balaban J connectivity index is 1.32. The Kier molecular flexibility index (Phi) is 4.36. The average molecular weight is 460 g/mol. The van der Waals surface area contributed by atoms with E-state index in [1.807, 2.05) is 22.4 Å². The molecule has 7 nitrogen and oxygen atoms in total. The number of carbonyl (C=O) groups is 2. The molecule has 4 heterocycles. The van der Waals surface area contributed by atoms with Gasteiger partial charge >= 0.3 is 6.03 Å². The van der Waals surface area contributed by atoms with Gasteiger partial charge in [0.2, 0.25) is 5.91 Å². The number of anilines is 1. The summed E-state index contributed by atoms with van der Waals surface area (Å²) in [6.07, 6.45) is 1.08. The molecular weight excluding hydrogens is 442 g/mol. The fourth-order valence-corrected chi connectivity index (χ4v) is 5.15. The molecule has 2 aromatic heterocycles. The molecule has 5 rings (SSSR count). The highest BCUT2D eigenvalue weighted by Crippen LogP contribution is 2.32. The molecule has 1 fully saturated rings. The number of hydrogen-bond donors (Lipinski definition) is 2. The Morgan fingerprint density at radius 2 is 2.21 bits per heavy atom. The van der Waals surface area contributed by atoms with E-state index in [4.69, 9.17) is 0 Å². The maximum absolute atomic E-state index is 12.9. The van der Waals surface area contributed by atoms with Gasteiger partial charge in [0.25, 0.3) is 0 Å². The molecule has 9 heteroatoms. The summed E-state index contributed by atoms with van der Waals surface area (Å²) in [5.74, 6) is 0.0673. The van der Waals surface area contributed by atoms with Crippen LogP contribution in [0.3, 0.4) is 0 Å². The largest absolute Gasteiger partial charge is 0.357 e. The van der Waals surface area contributed by atoms with Crippen molar-refractivity contribution in [2.45, 2.75) is 19.4 Å². The van der Waals surface area contributed by atoms with Crippen LogP contribution >= 0.6 is 27.3 Å². The van der Waals surface area contributed by atoms with Crippen molar-refractivity contribution in [3.05, 3.63) is 45.0 Å². The first kappa shape index (κ1) is 17.7. The van der Waals surface area contributed by atoms with Crippen LogP contribution in [-0.2, 0) is 24.2 Å². The third-order valence-electron chi connectivity index (χ3n) is 5.27. The van der Waals surface area contributed by atoms with Crippen molar-refractivity contribution in [3.63, 3.8) is 0 Å². The second-order valence-corrected chi connectivity index (χ2v) is 8.68. The van der Waals surface area contributed by atoms with Crippen LogP contribution in [0.4, 0.5) is 9.93 Å². The third-order valence-corrected chi connectivity index (χ3v) is 6.85. The number of nitrogens with one attached hydrogen (secondary N) is 2. The molecule has 1 saturated heterocycles. The molecule has 0 unspecified atom stereocenters. The first-order valence-corrected chi connectivity index (χ1v) is 10.8. The van der Waals surface area contributed by atoms with Gasteiger partial charge in [-0.15, -0.1) is 11.3 Å². The summed E-state index contributed by atoms with van der Waals surface area (Å²) in [6.45, 7) is 2.55. The van der Waals surface area contributed by atoms with Gasteiger partial charge in [0.15, 0.2) is 5.13 Å². The van der Waals surface area contributed by atoms with Gasteiger partial charge in [-0.3, -0.25) is 9.69 Å². The minimum absolute atomic E-state index is 0.0673. The Labute approximate surface area is 173 Å². The third kappa shape index (κ3) is 2.98. The number of aromatic nitrogens is 2. The molecule has 144 valence electrons. The van der Waals surface area contributed by atoms with Crippen LogP contribution in [0, 0.1) is 0 Å². The summed E-state index contributed by atoms with van der Waals surface area (Å²) < 4.78 is 1.04. The second-order valence-electron chi connectivity index (χ2n) is 6.99. The number of nitrogens with zero attached hydrogens (tertiary/aromatic N) is 3. The summed E-state index contributed by atoms with van der Waals surface area (Å²) in [5, 5.41) is 6.46. The van der Waals surface area contributed by atoms with E-state index in [0.29, 0.717) is 31.3 Å². The van der Waals surface area contributed by atoms with Gasteiger partial charge in [0, 0.05) is 59.1 Å². The number of carbonyl (C=O) groups excluding carboxylic acids is 2. The molecule has 2 aliphatic heterocycles. The molecule has 28 heavy (non-hydrogen) atoms. The smallest absolute Gasteiger partial charge is 0.323 e. The average Bonchev–Trinajstić information content (AvgIpc) is 3.40. The van der Waals surface area contributed by atoms with Crippen LogP contribution in [0.25, 0.3) is 10.9 Å². The zero-order valence-corrected chi connectivity index (χ0v) is 17.4. The maximum atomic E-state index is 12.9. The zero-order valence-electron chi connectivity index (χ0n) is 15.0. The number of aromatic amines is 1. The summed E-state index contributed by atoms with van der Waals surface area (Å²) in [5.41, 5.74) is 4.22. The quantitative estimate of drug-likeness (QED) is 0.631. The Bertz CT molecular complexity index is 1090. The fourth-order valence-electron chi connectivity index (χ4n) is 3.84. The van der Waals surface area contributed by atoms with Gasteiger partial charge in [-0.2, -0.15) is 0 Å². The number of amides is 3. The van der Waals surface area contributed by atoms with Crippen molar-refractivity contribution >= 4 is 55.2 Å². The number of thiazole rings is 1. The first-order chi connectivity index (χ1) is 13.6. The Morgan fingerprint density at radius 1 is 1.32 bits per heavy atom. The highest BCUT2D eigenvalue weighted by molar-refractivity contribution is 9.10. The van der Waals surface area contributed by atoms with E-state index in [2.05, 4.69) is 37.3 Å². The lowest BCUT2D eigenvalue weighted by atomic mass is 10.0. The molecule has 2 N–H and O–H groups in total. The summed E-state index contributed by atoms with van der Waals surface area (Å²) >= 11 is 5.00. The summed E-state index contributed by atoms with van der Waals surface area (Å²) in [6, 6.07) is 6.01. The van der Waals surface area contributed by atoms with Gasteiger partial charge in [-0.1, -0.05) is 12.1 Å². The van der Waals surface area contributed by atoms with Gasteiger partial charge < -0.3 is 15.2 Å². The van der Waals surface area contributed by atoms with Crippen molar-refractivity contribution in [1.82, 2.24) is 20.2 Å². The normalized spacial score (nSPS) is 16.5. The van der Waals surface area contributed by atoms with Gasteiger partial charge in [0.1, 0.15) is 0 Å². The number of urea groups is 1.